The second kappa shape index (κ2) is 3.65. The normalized spacial score (nSPS) is 42.2. The van der Waals surface area contributed by atoms with E-state index in [0.29, 0.717) is 23.7 Å². The molecule has 4 aliphatic carbocycles. The maximum Gasteiger partial charge on any atom is 0.238 e. The van der Waals surface area contributed by atoms with Gasteiger partial charge in [0.1, 0.15) is 0 Å². The average molecular weight is 279 g/mol. The van der Waals surface area contributed by atoms with Crippen molar-refractivity contribution in [3.63, 3.8) is 0 Å². The zero-order chi connectivity index (χ0) is 14.3. The van der Waals surface area contributed by atoms with E-state index in [0.717, 1.165) is 11.3 Å². The van der Waals surface area contributed by atoms with Gasteiger partial charge >= 0.3 is 0 Å². The highest BCUT2D eigenvalue weighted by Crippen LogP contribution is 2.65. The van der Waals surface area contributed by atoms with Crippen molar-refractivity contribution in [2.24, 2.45) is 35.5 Å². The van der Waals surface area contributed by atoms with E-state index in [1.807, 2.05) is 31.2 Å². The van der Waals surface area contributed by atoms with Crippen LogP contribution in [0.3, 0.4) is 0 Å². The molecule has 0 unspecified atom stereocenters. The maximum absolute atomic E-state index is 12.9. The molecule has 2 bridgehead atoms. The zero-order valence-electron chi connectivity index (χ0n) is 11.9. The Morgan fingerprint density at radius 2 is 1.62 bits per heavy atom. The first kappa shape index (κ1) is 11.7. The number of hydrogen-bond acceptors (Lipinski definition) is 2. The molecule has 21 heavy (non-hydrogen) atoms. The summed E-state index contributed by atoms with van der Waals surface area (Å²) in [5.41, 5.74) is 1.82. The molecule has 3 nitrogen and oxygen atoms in total. The molecule has 106 valence electrons. The molecule has 0 N–H and O–H groups in total. The van der Waals surface area contributed by atoms with Crippen LogP contribution >= 0.6 is 0 Å². The third kappa shape index (κ3) is 1.34. The monoisotopic (exact) mass is 279 g/mol. The summed E-state index contributed by atoms with van der Waals surface area (Å²) in [6, 6.07) is 7.71. The lowest BCUT2D eigenvalue weighted by Gasteiger charge is -2.37. The molecule has 6 rings (SSSR count). The van der Waals surface area contributed by atoms with Crippen molar-refractivity contribution in [2.45, 2.75) is 13.3 Å². The first-order valence-electron chi connectivity index (χ1n) is 7.79. The van der Waals surface area contributed by atoms with E-state index in [2.05, 4.69) is 12.2 Å². The van der Waals surface area contributed by atoms with E-state index in [9.17, 15) is 9.59 Å². The van der Waals surface area contributed by atoms with Gasteiger partial charge in [-0.15, -0.1) is 0 Å². The smallest absolute Gasteiger partial charge is 0.238 e. The van der Waals surface area contributed by atoms with Gasteiger partial charge < -0.3 is 0 Å². The Morgan fingerprint density at radius 3 is 2.19 bits per heavy atom. The minimum atomic E-state index is -0.100. The van der Waals surface area contributed by atoms with Crippen molar-refractivity contribution in [3.8, 4) is 0 Å². The first-order valence-corrected chi connectivity index (χ1v) is 7.79. The SMILES string of the molecule is Cc1cccc(N2C(=O)[C@H]3[C@@H]4C=C[C@H]([C@@H]5C[C@H]45)[C@@H]3C2=O)c1. The summed E-state index contributed by atoms with van der Waals surface area (Å²) in [4.78, 5) is 27.2. The Kier molecular flexibility index (Phi) is 2.04. The standard InChI is InChI=1S/C18H17NO2/c1-9-3-2-4-10(7-9)19-17(20)15-11-5-6-12(14-8-13(11)14)16(15)18(19)21/h2-7,11-16H,8H2,1H3/t11-,12-,13-,14+,15+,16+/m1/s1. The highest BCUT2D eigenvalue weighted by atomic mass is 16.2. The molecule has 1 aliphatic heterocycles. The fourth-order valence-corrected chi connectivity index (χ4v) is 4.98. The molecule has 1 aromatic rings. The van der Waals surface area contributed by atoms with Gasteiger partial charge in [0.15, 0.2) is 0 Å². The van der Waals surface area contributed by atoms with Crippen molar-refractivity contribution >= 4 is 17.5 Å². The molecular formula is C18H17NO2. The Bertz CT molecular complexity index is 671. The van der Waals surface area contributed by atoms with Gasteiger partial charge in [-0.25, -0.2) is 0 Å². The number of allylic oxidation sites excluding steroid dienone is 2. The van der Waals surface area contributed by atoms with Crippen LogP contribution in [-0.2, 0) is 9.59 Å². The predicted octanol–water partition coefficient (Wildman–Crippen LogP) is 2.55. The Hall–Kier alpha value is -1.90. The van der Waals surface area contributed by atoms with Gasteiger partial charge in [0.2, 0.25) is 11.8 Å². The summed E-state index contributed by atoms with van der Waals surface area (Å²) in [6.45, 7) is 1.99. The number of amides is 2. The molecule has 0 aromatic heterocycles. The Balaban J connectivity index is 1.60. The van der Waals surface area contributed by atoms with Crippen molar-refractivity contribution < 1.29 is 9.59 Å². The molecule has 2 saturated carbocycles. The van der Waals surface area contributed by atoms with Crippen molar-refractivity contribution in [3.05, 3.63) is 42.0 Å². The van der Waals surface area contributed by atoms with E-state index >= 15 is 0 Å². The fraction of sp³-hybridized carbons (Fsp3) is 0.444. The number of hydrogen-bond donors (Lipinski definition) is 0. The summed E-state index contributed by atoms with van der Waals surface area (Å²) in [6.07, 6.45) is 5.64. The molecule has 5 aliphatic rings. The molecule has 1 aromatic carbocycles. The highest BCUT2D eigenvalue weighted by Gasteiger charge is 2.67. The number of benzene rings is 1. The van der Waals surface area contributed by atoms with E-state index < -0.39 is 0 Å². The summed E-state index contributed by atoms with van der Waals surface area (Å²) in [7, 11) is 0. The maximum atomic E-state index is 12.9. The third-order valence-electron chi connectivity index (χ3n) is 5.92. The number of rotatable bonds is 1. The predicted molar refractivity (Wildman–Crippen MR) is 78.4 cm³/mol. The number of imide groups is 1. The highest BCUT2D eigenvalue weighted by molar-refractivity contribution is 6.22. The molecule has 3 heteroatoms. The number of anilines is 1. The van der Waals surface area contributed by atoms with Gasteiger partial charge in [-0.1, -0.05) is 24.3 Å². The van der Waals surface area contributed by atoms with Gasteiger partial charge in [-0.3, -0.25) is 14.5 Å². The fourth-order valence-electron chi connectivity index (χ4n) is 4.98. The molecular weight excluding hydrogens is 262 g/mol. The van der Waals surface area contributed by atoms with Gasteiger partial charge in [0.05, 0.1) is 17.5 Å². The summed E-state index contributed by atoms with van der Waals surface area (Å²) >= 11 is 0. The summed E-state index contributed by atoms with van der Waals surface area (Å²) < 4.78 is 0. The summed E-state index contributed by atoms with van der Waals surface area (Å²) in [5.74, 6) is 1.78. The third-order valence-corrected chi connectivity index (χ3v) is 5.92. The quantitative estimate of drug-likeness (QED) is 0.585. The molecule has 3 fully saturated rings. The van der Waals surface area contributed by atoms with Crippen LogP contribution in [0.15, 0.2) is 36.4 Å². The van der Waals surface area contributed by atoms with Crippen LogP contribution in [0.25, 0.3) is 0 Å². The molecule has 2 amide bonds. The second-order valence-corrected chi connectivity index (χ2v) is 7.01. The zero-order valence-corrected chi connectivity index (χ0v) is 11.9. The van der Waals surface area contributed by atoms with Crippen LogP contribution in [-0.4, -0.2) is 11.8 Å². The number of aryl methyl sites for hydroxylation is 1. The second-order valence-electron chi connectivity index (χ2n) is 7.01. The van der Waals surface area contributed by atoms with Crippen LogP contribution in [0.4, 0.5) is 5.69 Å². The first-order chi connectivity index (χ1) is 10.2. The number of carbonyl (C=O) groups excluding carboxylic acids is 2. The van der Waals surface area contributed by atoms with Crippen molar-refractivity contribution in [2.75, 3.05) is 4.90 Å². The largest absolute Gasteiger partial charge is 0.274 e. The Labute approximate surface area is 123 Å². The van der Waals surface area contributed by atoms with Crippen LogP contribution in [0, 0.1) is 42.4 Å². The number of nitrogens with zero attached hydrogens (tertiary/aromatic N) is 1. The lowest BCUT2D eigenvalue weighted by molar-refractivity contribution is -0.124. The van der Waals surface area contributed by atoms with Crippen molar-refractivity contribution in [1.82, 2.24) is 0 Å². The minimum Gasteiger partial charge on any atom is -0.274 e. The van der Waals surface area contributed by atoms with Crippen LogP contribution in [0.2, 0.25) is 0 Å². The van der Waals surface area contributed by atoms with Gasteiger partial charge in [0.25, 0.3) is 0 Å². The molecule has 1 heterocycles. The molecule has 1 saturated heterocycles. The number of carbonyl (C=O) groups is 2. The lowest BCUT2D eigenvalue weighted by atomic mass is 9.63. The molecule has 6 atom stereocenters. The lowest BCUT2D eigenvalue weighted by Crippen LogP contribution is -2.40. The van der Waals surface area contributed by atoms with Crippen LogP contribution in [0.5, 0.6) is 0 Å². The van der Waals surface area contributed by atoms with E-state index in [-0.39, 0.29) is 23.7 Å². The minimum absolute atomic E-state index is 0.0281. The summed E-state index contributed by atoms with van der Waals surface area (Å²) in [5, 5.41) is 0. The van der Waals surface area contributed by atoms with Crippen LogP contribution in [0.1, 0.15) is 12.0 Å². The Morgan fingerprint density at radius 1 is 1.00 bits per heavy atom. The van der Waals surface area contributed by atoms with E-state index in [1.165, 1.54) is 11.3 Å². The van der Waals surface area contributed by atoms with E-state index in [4.69, 9.17) is 0 Å². The van der Waals surface area contributed by atoms with Crippen LogP contribution < -0.4 is 4.90 Å². The van der Waals surface area contributed by atoms with E-state index in [1.54, 1.807) is 0 Å². The molecule has 0 spiro atoms. The topological polar surface area (TPSA) is 37.4 Å². The average Bonchev–Trinajstić information content (AvgIpc) is 3.24. The van der Waals surface area contributed by atoms with Gasteiger partial charge in [-0.2, -0.15) is 0 Å². The van der Waals surface area contributed by atoms with Gasteiger partial charge in [0, 0.05) is 0 Å². The molecule has 0 radical (unpaired) electrons. The van der Waals surface area contributed by atoms with Crippen molar-refractivity contribution in [1.29, 1.82) is 0 Å². The van der Waals surface area contributed by atoms with Gasteiger partial charge in [-0.05, 0) is 54.7 Å².